The second-order valence-corrected chi connectivity index (χ2v) is 26.9. The zero-order chi connectivity index (χ0) is 20.2. The molecule has 0 amide bonds. The molecule has 0 aromatic heterocycles. The number of nitrogens with one attached hydrogen (secondary N) is 1. The third-order valence-corrected chi connectivity index (χ3v) is 29.2. The molecule has 0 atom stereocenters. The van der Waals surface area contributed by atoms with E-state index < -0.39 is 41.0 Å². The average Bonchev–Trinajstić information content (AvgIpc) is 2.18. The molecule has 1 rings (SSSR count). The van der Waals surface area contributed by atoms with Gasteiger partial charge in [-0.05, 0) is 64.5 Å². The van der Waals surface area contributed by atoms with Crippen molar-refractivity contribution in [1.29, 1.82) is 0 Å². The summed E-state index contributed by atoms with van der Waals surface area (Å²) in [5, 5.41) is 0. The standard InChI is InChI=1S/C14H39BF2N4Si4/c1-13(2)19(14(3)4)15(16)20-23(7,8)18-24(9,10)21(22(5,6)17)25(20,11)12/h13-14,18H,1-12H3. The van der Waals surface area contributed by atoms with Gasteiger partial charge in [0.25, 0.3) is 0 Å². The molecule has 1 aliphatic rings. The number of rotatable bonds is 5. The number of hydrogen-bond donors (Lipinski definition) is 1. The van der Waals surface area contributed by atoms with Gasteiger partial charge in [0, 0.05) is 0 Å². The smallest absolute Gasteiger partial charge is 0.337 e. The second kappa shape index (κ2) is 7.23. The van der Waals surface area contributed by atoms with Crippen LogP contribution in [0.3, 0.4) is 0 Å². The summed E-state index contributed by atoms with van der Waals surface area (Å²) in [5.74, 6) is 0. The summed E-state index contributed by atoms with van der Waals surface area (Å²) in [4.78, 5) is 1.93. The Labute approximate surface area is 159 Å². The highest BCUT2D eigenvalue weighted by molar-refractivity contribution is 7.13. The Bertz CT molecular complexity index is 478. The van der Waals surface area contributed by atoms with Crippen LogP contribution >= 0.6 is 0 Å². The van der Waals surface area contributed by atoms with Crippen LogP contribution in [0.1, 0.15) is 27.7 Å². The third-order valence-electron chi connectivity index (χ3n) is 5.09. The lowest BCUT2D eigenvalue weighted by molar-refractivity contribution is 0.268. The Kier molecular flexibility index (Phi) is 6.84. The maximum Gasteiger partial charge on any atom is 0.509 e. The van der Waals surface area contributed by atoms with E-state index in [-0.39, 0.29) is 12.1 Å². The molecule has 0 radical (unpaired) electrons. The van der Waals surface area contributed by atoms with Gasteiger partial charge in [-0.25, -0.2) is 0 Å². The van der Waals surface area contributed by atoms with Crippen LogP contribution in [0.2, 0.25) is 52.4 Å². The van der Waals surface area contributed by atoms with Crippen LogP contribution < -0.4 is 4.65 Å². The monoisotopic (exact) mass is 424 g/mol. The highest BCUT2D eigenvalue weighted by Gasteiger charge is 2.64. The molecule has 0 aliphatic carbocycles. The van der Waals surface area contributed by atoms with Gasteiger partial charge in [0.2, 0.25) is 0 Å². The van der Waals surface area contributed by atoms with Crippen LogP contribution in [0.5, 0.6) is 0 Å². The van der Waals surface area contributed by atoms with Gasteiger partial charge in [-0.1, -0.05) is 27.7 Å². The van der Waals surface area contributed by atoms with Gasteiger partial charge >= 0.3 is 15.8 Å². The molecular formula is C14H39BF2N4Si4. The predicted octanol–water partition coefficient (Wildman–Crippen LogP) is 4.04. The SMILES string of the molecule is CC(C)N(B(F)N1[Si](C)(C)N[Si](C)(C)N([Si](C)(C)F)[Si]1(C)C)C(C)C. The lowest BCUT2D eigenvalue weighted by atomic mass is 9.98. The Morgan fingerprint density at radius 1 is 0.920 bits per heavy atom. The average molecular weight is 425 g/mol. The van der Waals surface area contributed by atoms with Crippen molar-refractivity contribution in [2.24, 2.45) is 0 Å². The molecule has 25 heavy (non-hydrogen) atoms. The molecule has 1 fully saturated rings. The lowest BCUT2D eigenvalue weighted by Gasteiger charge is -2.65. The van der Waals surface area contributed by atoms with E-state index in [0.29, 0.717) is 0 Å². The summed E-state index contributed by atoms with van der Waals surface area (Å²) < 4.78 is 39.5. The van der Waals surface area contributed by atoms with Gasteiger partial charge in [0.05, 0.1) is 0 Å². The minimum atomic E-state index is -3.08. The van der Waals surface area contributed by atoms with Crippen molar-refractivity contribution in [2.75, 3.05) is 0 Å². The molecule has 148 valence electrons. The highest BCUT2D eigenvalue weighted by Crippen LogP contribution is 2.38. The van der Waals surface area contributed by atoms with Crippen LogP contribution in [-0.4, -0.2) is 66.0 Å². The Morgan fingerprint density at radius 2 is 1.32 bits per heavy atom. The van der Waals surface area contributed by atoms with Crippen molar-refractivity contribution < 1.29 is 8.42 Å². The van der Waals surface area contributed by atoms with Gasteiger partial charge in [0.1, 0.15) is 0 Å². The fraction of sp³-hybridized carbons (Fsp3) is 1.00. The van der Waals surface area contributed by atoms with Crippen LogP contribution in [0, 0.1) is 0 Å². The fourth-order valence-electron chi connectivity index (χ4n) is 5.40. The van der Waals surface area contributed by atoms with Crippen molar-refractivity contribution in [2.45, 2.75) is 92.2 Å². The fourth-order valence-corrected chi connectivity index (χ4v) is 38.4. The van der Waals surface area contributed by atoms with Crippen molar-refractivity contribution in [3.63, 3.8) is 0 Å². The first-order valence-electron chi connectivity index (χ1n) is 9.37. The van der Waals surface area contributed by atoms with Gasteiger partial charge < -0.3 is 12.7 Å². The Balaban J connectivity index is 3.51. The molecule has 0 spiro atoms. The van der Waals surface area contributed by atoms with E-state index >= 15 is 8.42 Å². The van der Waals surface area contributed by atoms with Crippen molar-refractivity contribution in [3.05, 3.63) is 0 Å². The highest BCUT2D eigenvalue weighted by atomic mass is 28.5. The molecule has 1 heterocycles. The first kappa shape index (κ1) is 23.7. The molecule has 11 heteroatoms. The normalized spacial score (nSPS) is 24.4. The molecule has 0 aromatic rings. The minimum absolute atomic E-state index is 0.0980. The molecule has 1 N–H and O–H groups in total. The van der Waals surface area contributed by atoms with Gasteiger partial charge in [-0.3, -0.25) is 13.2 Å². The number of hydrogen-bond acceptors (Lipinski definition) is 4. The van der Waals surface area contributed by atoms with E-state index in [0.717, 1.165) is 0 Å². The zero-order valence-electron chi connectivity index (χ0n) is 18.3. The molecule has 0 saturated carbocycles. The summed E-state index contributed by atoms with van der Waals surface area (Å²) in [6, 6.07) is 0.196. The Hall–Kier alpha value is 0.632. The lowest BCUT2D eigenvalue weighted by Crippen LogP contribution is -2.94. The van der Waals surface area contributed by atoms with Crippen LogP contribution in [-0.2, 0) is 0 Å². The molecule has 0 aromatic carbocycles. The quantitative estimate of drug-likeness (QED) is 0.531. The topological polar surface area (TPSA) is 21.8 Å². The minimum Gasteiger partial charge on any atom is -0.337 e. The van der Waals surface area contributed by atoms with E-state index in [1.54, 1.807) is 13.1 Å². The summed E-state index contributed by atoms with van der Waals surface area (Å²) in [6.45, 7) is 24.7. The van der Waals surface area contributed by atoms with E-state index in [4.69, 9.17) is 0 Å². The van der Waals surface area contributed by atoms with E-state index in [2.05, 4.69) is 52.0 Å². The van der Waals surface area contributed by atoms with Crippen LogP contribution in [0.25, 0.3) is 0 Å². The first-order valence-corrected chi connectivity index (χ1v) is 21.0. The van der Waals surface area contributed by atoms with Gasteiger partial charge in [-0.2, -0.15) is 0 Å². The molecule has 4 nitrogen and oxygen atoms in total. The maximum absolute atomic E-state index is 16.0. The molecule has 1 saturated heterocycles. The molecule has 0 bridgehead atoms. The van der Waals surface area contributed by atoms with Gasteiger partial charge in [-0.15, -0.1) is 0 Å². The molecule has 1 aliphatic heterocycles. The largest absolute Gasteiger partial charge is 0.509 e. The summed E-state index contributed by atoms with van der Waals surface area (Å²) in [6.07, 6.45) is 0. The number of halogens is 2. The van der Waals surface area contributed by atoms with Gasteiger partial charge in [0.15, 0.2) is 25.2 Å². The summed E-state index contributed by atoms with van der Waals surface area (Å²) in [7, 11) is -11.1. The van der Waals surface area contributed by atoms with Crippen molar-refractivity contribution in [1.82, 2.24) is 17.5 Å². The second-order valence-electron chi connectivity index (χ2n) is 9.80. The van der Waals surface area contributed by atoms with E-state index in [1.165, 1.54) is 0 Å². The van der Waals surface area contributed by atoms with Crippen LogP contribution in [0.15, 0.2) is 0 Å². The predicted molar refractivity (Wildman–Crippen MR) is 117 cm³/mol. The van der Waals surface area contributed by atoms with Crippen LogP contribution in [0.4, 0.5) is 8.42 Å². The maximum atomic E-state index is 16.0. The molecular weight excluding hydrogens is 385 g/mol. The van der Waals surface area contributed by atoms with Crippen molar-refractivity contribution in [3.8, 4) is 0 Å². The van der Waals surface area contributed by atoms with E-state index in [9.17, 15) is 0 Å². The first-order chi connectivity index (χ1) is 10.9. The number of nitrogens with zero attached hydrogens (tertiary/aromatic N) is 3. The van der Waals surface area contributed by atoms with Crippen molar-refractivity contribution >= 4 is 41.0 Å². The zero-order valence-corrected chi connectivity index (χ0v) is 22.3. The Morgan fingerprint density at radius 3 is 1.64 bits per heavy atom. The summed E-state index contributed by atoms with van der Waals surface area (Å²) in [5.41, 5.74) is 0. The molecule has 0 unspecified atom stereocenters. The van der Waals surface area contributed by atoms with E-state index in [1.807, 2.05) is 32.5 Å². The summed E-state index contributed by atoms with van der Waals surface area (Å²) >= 11 is 0. The third kappa shape index (κ3) is 4.55.